The van der Waals surface area contributed by atoms with Gasteiger partial charge >= 0.3 is 6.18 Å². The van der Waals surface area contributed by atoms with Crippen LogP contribution in [-0.2, 0) is 11.0 Å². The average Bonchev–Trinajstić information content (AvgIpc) is 2.36. The monoisotopic (exact) mass is 318 g/mol. The topological polar surface area (TPSA) is 52.6 Å². The number of carbonyl (C=O) groups is 1. The highest BCUT2D eigenvalue weighted by atomic mass is 19.4. The number of rotatable bonds is 5. The molecule has 0 aliphatic rings. The summed E-state index contributed by atoms with van der Waals surface area (Å²) in [7, 11) is 3.42. The highest BCUT2D eigenvalue weighted by molar-refractivity contribution is 5.83. The molecule has 0 saturated heterocycles. The Morgan fingerprint density at radius 3 is 2.36 bits per heavy atom. The largest absolute Gasteiger partial charge is 0.416 e. The van der Waals surface area contributed by atoms with Gasteiger partial charge in [0.05, 0.1) is 11.6 Å². The Labute approximate surface area is 127 Å². The minimum Gasteiger partial charge on any atom is -0.381 e. The molecule has 0 aromatic heterocycles. The normalized spacial score (nSPS) is 14.0. The number of aliphatic hydroxyl groups is 1. The molecule has 0 fully saturated rings. The van der Waals surface area contributed by atoms with E-state index in [1.165, 1.54) is 19.9 Å². The third-order valence-corrected chi connectivity index (χ3v) is 3.23. The van der Waals surface area contributed by atoms with Crippen LogP contribution in [0.2, 0.25) is 0 Å². The lowest BCUT2D eigenvalue weighted by atomic mass is 10.0. The molecule has 0 aliphatic carbocycles. The lowest BCUT2D eigenvalue weighted by Gasteiger charge is -2.27. The minimum absolute atomic E-state index is 0.0944. The van der Waals surface area contributed by atoms with Crippen molar-refractivity contribution in [3.05, 3.63) is 35.4 Å². The third-order valence-electron chi connectivity index (χ3n) is 3.23. The summed E-state index contributed by atoms with van der Waals surface area (Å²) in [6.07, 6.45) is -4.41. The second-order valence-corrected chi connectivity index (χ2v) is 5.87. The van der Waals surface area contributed by atoms with E-state index in [0.29, 0.717) is 5.56 Å². The molecule has 1 aromatic rings. The molecule has 1 unspecified atom stereocenters. The van der Waals surface area contributed by atoms with Crippen LogP contribution in [-0.4, -0.2) is 42.2 Å². The van der Waals surface area contributed by atoms with Crippen molar-refractivity contribution in [3.63, 3.8) is 0 Å². The smallest absolute Gasteiger partial charge is 0.381 e. The Bertz CT molecular complexity index is 522. The van der Waals surface area contributed by atoms with Crippen LogP contribution in [0.4, 0.5) is 13.2 Å². The Balaban J connectivity index is 2.95. The van der Waals surface area contributed by atoms with Crippen molar-refractivity contribution in [3.8, 4) is 0 Å². The molecular weight excluding hydrogens is 297 g/mol. The summed E-state index contributed by atoms with van der Waals surface area (Å²) in [6, 6.07) is 4.56. The number of benzene rings is 1. The lowest BCUT2D eigenvalue weighted by Crippen LogP contribution is -2.45. The fourth-order valence-corrected chi connectivity index (χ4v) is 1.93. The van der Waals surface area contributed by atoms with Gasteiger partial charge in [0.25, 0.3) is 5.91 Å². The molecule has 0 saturated carbocycles. The van der Waals surface area contributed by atoms with Gasteiger partial charge in [-0.15, -0.1) is 0 Å². The standard InChI is InChI=1S/C15H21F3N2O2/c1-14(2,22)13(21)19-9-12(20(3)4)10-6-5-7-11(8-10)15(16,17)18/h5-8,12,22H,9H2,1-4H3,(H,19,21). The quantitative estimate of drug-likeness (QED) is 0.875. The lowest BCUT2D eigenvalue weighted by molar-refractivity contribution is -0.138. The molecule has 4 nitrogen and oxygen atoms in total. The molecule has 1 atom stereocenters. The van der Waals surface area contributed by atoms with Gasteiger partial charge in [-0.3, -0.25) is 4.79 Å². The van der Waals surface area contributed by atoms with Crippen LogP contribution in [0.15, 0.2) is 24.3 Å². The molecular formula is C15H21F3N2O2. The highest BCUT2D eigenvalue weighted by Gasteiger charge is 2.31. The number of alkyl halides is 3. The van der Waals surface area contributed by atoms with E-state index in [1.54, 1.807) is 25.1 Å². The summed E-state index contributed by atoms with van der Waals surface area (Å²) < 4.78 is 38.4. The van der Waals surface area contributed by atoms with Crippen molar-refractivity contribution in [2.24, 2.45) is 0 Å². The van der Waals surface area contributed by atoms with E-state index in [2.05, 4.69) is 5.32 Å². The second-order valence-electron chi connectivity index (χ2n) is 5.87. The van der Waals surface area contributed by atoms with E-state index >= 15 is 0 Å². The molecule has 124 valence electrons. The third kappa shape index (κ3) is 4.99. The number of amides is 1. The first kappa shape index (κ1) is 18.4. The van der Waals surface area contributed by atoms with Crippen molar-refractivity contribution in [2.45, 2.75) is 31.7 Å². The molecule has 7 heteroatoms. The second kappa shape index (κ2) is 6.66. The van der Waals surface area contributed by atoms with Crippen LogP contribution < -0.4 is 5.32 Å². The van der Waals surface area contributed by atoms with Gasteiger partial charge in [-0.1, -0.05) is 12.1 Å². The van der Waals surface area contributed by atoms with E-state index in [9.17, 15) is 23.1 Å². The first-order valence-electron chi connectivity index (χ1n) is 6.77. The van der Waals surface area contributed by atoms with Crippen LogP contribution in [0.1, 0.15) is 31.0 Å². The number of likely N-dealkylation sites (N-methyl/N-ethyl adjacent to an activating group) is 1. The maximum atomic E-state index is 12.8. The summed E-state index contributed by atoms with van der Waals surface area (Å²) in [5, 5.41) is 12.1. The molecule has 0 spiro atoms. The van der Waals surface area contributed by atoms with Crippen molar-refractivity contribution >= 4 is 5.91 Å². The molecule has 0 heterocycles. The van der Waals surface area contributed by atoms with Crippen LogP contribution in [0.25, 0.3) is 0 Å². The number of carbonyl (C=O) groups excluding carboxylic acids is 1. The molecule has 2 N–H and O–H groups in total. The van der Waals surface area contributed by atoms with E-state index in [1.807, 2.05) is 0 Å². The van der Waals surface area contributed by atoms with Gasteiger partial charge in [-0.05, 0) is 45.6 Å². The van der Waals surface area contributed by atoms with Crippen molar-refractivity contribution in [2.75, 3.05) is 20.6 Å². The highest BCUT2D eigenvalue weighted by Crippen LogP contribution is 2.31. The maximum absolute atomic E-state index is 12.8. The molecule has 0 radical (unpaired) electrons. The van der Waals surface area contributed by atoms with E-state index in [4.69, 9.17) is 0 Å². The summed E-state index contributed by atoms with van der Waals surface area (Å²) in [5.41, 5.74) is -1.83. The zero-order valence-corrected chi connectivity index (χ0v) is 13.0. The zero-order chi connectivity index (χ0) is 17.1. The predicted molar refractivity (Wildman–Crippen MR) is 77.2 cm³/mol. The van der Waals surface area contributed by atoms with Gasteiger partial charge in [-0.25, -0.2) is 0 Å². The molecule has 1 rings (SSSR count). The summed E-state index contributed by atoms with van der Waals surface area (Å²) in [4.78, 5) is 13.4. The van der Waals surface area contributed by atoms with Crippen LogP contribution >= 0.6 is 0 Å². The predicted octanol–water partition coefficient (Wildman–Crippen LogP) is 2.20. The summed E-state index contributed by atoms with van der Waals surface area (Å²) in [6.45, 7) is 2.78. The van der Waals surface area contributed by atoms with Crippen LogP contribution in [0, 0.1) is 0 Å². The zero-order valence-electron chi connectivity index (χ0n) is 13.0. The molecule has 1 aromatic carbocycles. The first-order chi connectivity index (χ1) is 9.93. The fraction of sp³-hybridized carbons (Fsp3) is 0.533. The molecule has 0 bridgehead atoms. The van der Waals surface area contributed by atoms with Crippen LogP contribution in [0.5, 0.6) is 0 Å². The Hall–Kier alpha value is -1.60. The van der Waals surface area contributed by atoms with Crippen LogP contribution in [0.3, 0.4) is 0 Å². The van der Waals surface area contributed by atoms with Gasteiger partial charge in [-0.2, -0.15) is 13.2 Å². The number of hydrogen-bond donors (Lipinski definition) is 2. The SMILES string of the molecule is CN(C)C(CNC(=O)C(C)(C)O)c1cccc(C(F)(F)F)c1. The number of halogens is 3. The molecule has 22 heavy (non-hydrogen) atoms. The van der Waals surface area contributed by atoms with Gasteiger partial charge in [0, 0.05) is 6.54 Å². The van der Waals surface area contributed by atoms with Crippen molar-refractivity contribution in [1.82, 2.24) is 10.2 Å². The average molecular weight is 318 g/mol. The fourth-order valence-electron chi connectivity index (χ4n) is 1.93. The Kier molecular flexibility index (Phi) is 5.59. The summed E-state index contributed by atoms with van der Waals surface area (Å²) >= 11 is 0. The molecule has 0 aliphatic heterocycles. The van der Waals surface area contributed by atoms with Gasteiger partial charge < -0.3 is 15.3 Å². The first-order valence-corrected chi connectivity index (χ1v) is 6.77. The number of nitrogens with one attached hydrogen (secondary N) is 1. The Morgan fingerprint density at radius 2 is 1.91 bits per heavy atom. The van der Waals surface area contributed by atoms with Gasteiger partial charge in [0.1, 0.15) is 5.60 Å². The minimum atomic E-state index is -4.41. The van der Waals surface area contributed by atoms with E-state index in [-0.39, 0.29) is 6.54 Å². The van der Waals surface area contributed by atoms with Crippen molar-refractivity contribution in [1.29, 1.82) is 0 Å². The van der Waals surface area contributed by atoms with Gasteiger partial charge in [0.15, 0.2) is 0 Å². The maximum Gasteiger partial charge on any atom is 0.416 e. The summed E-state index contributed by atoms with van der Waals surface area (Å²) in [5.74, 6) is -0.577. The van der Waals surface area contributed by atoms with Gasteiger partial charge in [0.2, 0.25) is 0 Å². The van der Waals surface area contributed by atoms with E-state index < -0.39 is 29.3 Å². The van der Waals surface area contributed by atoms with Crippen molar-refractivity contribution < 1.29 is 23.1 Å². The number of hydrogen-bond acceptors (Lipinski definition) is 3. The number of nitrogens with zero attached hydrogens (tertiary/aromatic N) is 1. The molecule has 1 amide bonds. The van der Waals surface area contributed by atoms with E-state index in [0.717, 1.165) is 12.1 Å². The Morgan fingerprint density at radius 1 is 1.32 bits per heavy atom.